The highest BCUT2D eigenvalue weighted by atomic mass is 35.5. The number of hydrogen-bond acceptors (Lipinski definition) is 3. The number of amides is 1. The Hall–Kier alpha value is -1.07. The zero-order valence-corrected chi connectivity index (χ0v) is 10.3. The maximum atomic E-state index is 11.1. The van der Waals surface area contributed by atoms with Gasteiger partial charge in [-0.25, -0.2) is 4.98 Å². The summed E-state index contributed by atoms with van der Waals surface area (Å²) in [6, 6.07) is 0. The second-order valence-electron chi connectivity index (χ2n) is 3.44. The number of nitrogens with zero attached hydrogens (tertiary/aromatic N) is 2. The molecule has 0 aliphatic heterocycles. The molecule has 0 aliphatic carbocycles. The quantitative estimate of drug-likeness (QED) is 0.724. The van der Waals surface area contributed by atoms with Crippen molar-refractivity contribution >= 4 is 17.5 Å². The Morgan fingerprint density at radius 1 is 1.62 bits per heavy atom. The van der Waals surface area contributed by atoms with Crippen molar-refractivity contribution in [2.24, 2.45) is 7.05 Å². The van der Waals surface area contributed by atoms with E-state index in [2.05, 4.69) is 15.6 Å². The maximum Gasteiger partial charge on any atom is 0.221 e. The van der Waals surface area contributed by atoms with Crippen LogP contribution < -0.4 is 10.6 Å². The number of carbonyl (C=O) groups is 1. The molecule has 0 aromatic carbocycles. The zero-order valence-electron chi connectivity index (χ0n) is 9.59. The van der Waals surface area contributed by atoms with Gasteiger partial charge in [0.2, 0.25) is 5.91 Å². The minimum Gasteiger partial charge on any atom is -0.356 e. The number of hydrogen-bond donors (Lipinski definition) is 2. The summed E-state index contributed by atoms with van der Waals surface area (Å²) in [7, 11) is 1.86. The highest BCUT2D eigenvalue weighted by Gasteiger charge is 2.04. The van der Waals surface area contributed by atoms with Crippen molar-refractivity contribution in [3.8, 4) is 0 Å². The Bertz CT molecular complexity index is 351. The number of halogens is 1. The highest BCUT2D eigenvalue weighted by molar-refractivity contribution is 6.29. The van der Waals surface area contributed by atoms with Gasteiger partial charge < -0.3 is 15.2 Å². The fourth-order valence-corrected chi connectivity index (χ4v) is 1.42. The van der Waals surface area contributed by atoms with Crippen LogP contribution in [0.2, 0.25) is 5.15 Å². The van der Waals surface area contributed by atoms with Gasteiger partial charge in [0.15, 0.2) is 0 Å². The first kappa shape index (κ1) is 13.0. The molecule has 1 amide bonds. The summed E-state index contributed by atoms with van der Waals surface area (Å²) in [6.45, 7) is 3.83. The van der Waals surface area contributed by atoms with Gasteiger partial charge in [-0.2, -0.15) is 0 Å². The van der Waals surface area contributed by atoms with Gasteiger partial charge in [0.05, 0.1) is 12.7 Å². The van der Waals surface area contributed by atoms with E-state index in [4.69, 9.17) is 11.6 Å². The number of nitrogens with one attached hydrogen (secondary N) is 2. The predicted molar refractivity (Wildman–Crippen MR) is 63.2 cm³/mol. The van der Waals surface area contributed by atoms with Crippen LogP contribution in [-0.4, -0.2) is 28.5 Å². The normalized spacial score (nSPS) is 10.4. The molecule has 0 spiro atoms. The molecule has 1 rings (SSSR count). The lowest BCUT2D eigenvalue weighted by molar-refractivity contribution is -0.120. The molecule has 90 valence electrons. The van der Waals surface area contributed by atoms with Crippen LogP contribution in [0.1, 0.15) is 19.2 Å². The van der Waals surface area contributed by atoms with Crippen LogP contribution in [0.25, 0.3) is 0 Å². The standard InChI is InChI=1S/C10H17ClN4O/c1-3-13-10(16)4-5-12-7-9-14-6-8(11)15(9)2/h6,12H,3-5,7H2,1-2H3,(H,13,16). The largest absolute Gasteiger partial charge is 0.356 e. The molecule has 0 radical (unpaired) electrons. The molecule has 1 aromatic rings. The van der Waals surface area contributed by atoms with Crippen LogP contribution in [-0.2, 0) is 18.4 Å². The molecular weight excluding hydrogens is 228 g/mol. The third kappa shape index (κ3) is 3.83. The number of rotatable bonds is 6. The molecule has 0 atom stereocenters. The third-order valence-electron chi connectivity index (χ3n) is 2.21. The van der Waals surface area contributed by atoms with E-state index in [0.29, 0.717) is 31.2 Å². The van der Waals surface area contributed by atoms with Gasteiger partial charge in [-0.1, -0.05) is 11.6 Å². The minimum absolute atomic E-state index is 0.0628. The summed E-state index contributed by atoms with van der Waals surface area (Å²) in [5.41, 5.74) is 0. The van der Waals surface area contributed by atoms with Crippen LogP contribution in [0.3, 0.4) is 0 Å². The second kappa shape index (κ2) is 6.50. The lowest BCUT2D eigenvalue weighted by atomic mass is 10.4. The van der Waals surface area contributed by atoms with E-state index in [1.54, 1.807) is 10.8 Å². The van der Waals surface area contributed by atoms with E-state index < -0.39 is 0 Å². The molecular formula is C10H17ClN4O. The van der Waals surface area contributed by atoms with Crippen LogP contribution >= 0.6 is 11.6 Å². The van der Waals surface area contributed by atoms with Gasteiger partial charge in [0.25, 0.3) is 0 Å². The lowest BCUT2D eigenvalue weighted by Gasteiger charge is -2.05. The molecule has 0 saturated heterocycles. The van der Waals surface area contributed by atoms with Crippen molar-refractivity contribution in [1.29, 1.82) is 0 Å². The second-order valence-corrected chi connectivity index (χ2v) is 3.82. The molecule has 0 fully saturated rings. The monoisotopic (exact) mass is 244 g/mol. The molecule has 0 saturated carbocycles. The van der Waals surface area contributed by atoms with Gasteiger partial charge in [-0.05, 0) is 6.92 Å². The van der Waals surface area contributed by atoms with Crippen molar-refractivity contribution in [1.82, 2.24) is 20.2 Å². The fourth-order valence-electron chi connectivity index (χ4n) is 1.28. The summed E-state index contributed by atoms with van der Waals surface area (Å²) in [5.74, 6) is 0.925. The lowest BCUT2D eigenvalue weighted by Crippen LogP contribution is -2.27. The molecule has 5 nitrogen and oxygen atoms in total. The Morgan fingerprint density at radius 3 is 2.94 bits per heavy atom. The van der Waals surface area contributed by atoms with Crippen LogP contribution in [0.4, 0.5) is 0 Å². The first-order chi connectivity index (χ1) is 7.65. The molecule has 2 N–H and O–H groups in total. The van der Waals surface area contributed by atoms with Crippen molar-refractivity contribution in [3.05, 3.63) is 17.2 Å². The number of carbonyl (C=O) groups excluding carboxylic acids is 1. The van der Waals surface area contributed by atoms with Crippen molar-refractivity contribution in [3.63, 3.8) is 0 Å². The van der Waals surface area contributed by atoms with Gasteiger partial charge >= 0.3 is 0 Å². The van der Waals surface area contributed by atoms with Crippen LogP contribution in [0.15, 0.2) is 6.20 Å². The van der Waals surface area contributed by atoms with E-state index >= 15 is 0 Å². The first-order valence-corrected chi connectivity index (χ1v) is 5.66. The average molecular weight is 245 g/mol. The van der Waals surface area contributed by atoms with Crippen LogP contribution in [0, 0.1) is 0 Å². The minimum atomic E-state index is 0.0628. The van der Waals surface area contributed by atoms with Gasteiger partial charge in [0, 0.05) is 26.6 Å². The van der Waals surface area contributed by atoms with Crippen LogP contribution in [0.5, 0.6) is 0 Å². The third-order valence-corrected chi connectivity index (χ3v) is 2.56. The van der Waals surface area contributed by atoms with E-state index in [1.807, 2.05) is 14.0 Å². The summed E-state index contributed by atoms with van der Waals surface area (Å²) in [4.78, 5) is 15.3. The van der Waals surface area contributed by atoms with Crippen molar-refractivity contribution in [2.75, 3.05) is 13.1 Å². The zero-order chi connectivity index (χ0) is 12.0. The predicted octanol–water partition coefficient (Wildman–Crippen LogP) is 0.689. The molecule has 1 heterocycles. The molecule has 0 aliphatic rings. The molecule has 0 unspecified atom stereocenters. The molecule has 16 heavy (non-hydrogen) atoms. The van der Waals surface area contributed by atoms with Crippen molar-refractivity contribution in [2.45, 2.75) is 19.9 Å². The summed E-state index contributed by atoms with van der Waals surface area (Å²) < 4.78 is 1.81. The highest BCUT2D eigenvalue weighted by Crippen LogP contribution is 2.08. The molecule has 6 heteroatoms. The van der Waals surface area contributed by atoms with Gasteiger partial charge in [-0.15, -0.1) is 0 Å². The average Bonchev–Trinajstić information content (AvgIpc) is 2.56. The molecule has 1 aromatic heterocycles. The Kier molecular flexibility index (Phi) is 5.28. The van der Waals surface area contributed by atoms with E-state index in [-0.39, 0.29) is 5.91 Å². The van der Waals surface area contributed by atoms with Gasteiger partial charge in [-0.3, -0.25) is 4.79 Å². The smallest absolute Gasteiger partial charge is 0.221 e. The number of aromatic nitrogens is 2. The van der Waals surface area contributed by atoms with Gasteiger partial charge in [0.1, 0.15) is 11.0 Å². The molecule has 0 bridgehead atoms. The summed E-state index contributed by atoms with van der Waals surface area (Å²) in [6.07, 6.45) is 2.09. The number of imidazole rings is 1. The Balaban J connectivity index is 2.21. The van der Waals surface area contributed by atoms with E-state index in [1.165, 1.54) is 0 Å². The fraction of sp³-hybridized carbons (Fsp3) is 0.600. The Morgan fingerprint density at radius 2 is 2.38 bits per heavy atom. The SMILES string of the molecule is CCNC(=O)CCNCc1ncc(Cl)n1C. The summed E-state index contributed by atoms with van der Waals surface area (Å²) >= 11 is 5.84. The Labute approximate surface area is 100 Å². The maximum absolute atomic E-state index is 11.1. The van der Waals surface area contributed by atoms with E-state index in [0.717, 1.165) is 5.82 Å². The summed E-state index contributed by atoms with van der Waals surface area (Å²) in [5, 5.41) is 6.49. The first-order valence-electron chi connectivity index (χ1n) is 5.28. The van der Waals surface area contributed by atoms with Crippen molar-refractivity contribution < 1.29 is 4.79 Å². The topological polar surface area (TPSA) is 59.0 Å². The van der Waals surface area contributed by atoms with E-state index in [9.17, 15) is 4.79 Å².